The van der Waals surface area contributed by atoms with Gasteiger partial charge in [0.2, 0.25) is 0 Å². The predicted molar refractivity (Wildman–Crippen MR) is 78.1 cm³/mol. The standard InChI is InChI=1S/C13H17N5O.ClH/c1-9-4-6-18-12(16-9)11(7-15-18)13(19)17-5-2-3-10(14)8-17;/h4,6-7,10H,2-3,5,8,14H2,1H3;1H. The number of halogens is 1. The number of piperidine rings is 1. The van der Waals surface area contributed by atoms with Gasteiger partial charge in [-0.25, -0.2) is 9.50 Å². The van der Waals surface area contributed by atoms with Crippen molar-refractivity contribution >= 4 is 24.0 Å². The van der Waals surface area contributed by atoms with Crippen LogP contribution >= 0.6 is 12.4 Å². The number of amides is 1. The Morgan fingerprint density at radius 2 is 2.30 bits per heavy atom. The number of fused-ring (bicyclic) bond motifs is 1. The average molecular weight is 296 g/mol. The highest BCUT2D eigenvalue weighted by Crippen LogP contribution is 2.15. The summed E-state index contributed by atoms with van der Waals surface area (Å²) in [6.45, 7) is 3.27. The number of likely N-dealkylation sites (tertiary alicyclic amines) is 1. The summed E-state index contributed by atoms with van der Waals surface area (Å²) in [7, 11) is 0. The van der Waals surface area contributed by atoms with E-state index in [-0.39, 0.29) is 24.4 Å². The van der Waals surface area contributed by atoms with Gasteiger partial charge in [0.05, 0.1) is 6.20 Å². The summed E-state index contributed by atoms with van der Waals surface area (Å²) in [6, 6.07) is 1.94. The fraction of sp³-hybridized carbons (Fsp3) is 0.462. The molecule has 0 saturated carbocycles. The van der Waals surface area contributed by atoms with Gasteiger partial charge in [-0.3, -0.25) is 4.79 Å². The maximum Gasteiger partial charge on any atom is 0.259 e. The zero-order valence-electron chi connectivity index (χ0n) is 11.3. The molecule has 1 atom stereocenters. The highest BCUT2D eigenvalue weighted by atomic mass is 35.5. The Morgan fingerprint density at radius 3 is 3.05 bits per heavy atom. The van der Waals surface area contributed by atoms with Gasteiger partial charge in [-0.05, 0) is 25.8 Å². The number of rotatable bonds is 1. The lowest BCUT2D eigenvalue weighted by Crippen LogP contribution is -2.45. The molecule has 2 aromatic heterocycles. The number of nitrogens with two attached hydrogens (primary N) is 1. The maximum absolute atomic E-state index is 12.5. The van der Waals surface area contributed by atoms with Crippen LogP contribution in [0.1, 0.15) is 28.9 Å². The molecular weight excluding hydrogens is 278 g/mol. The lowest BCUT2D eigenvalue weighted by molar-refractivity contribution is 0.0710. The van der Waals surface area contributed by atoms with Gasteiger partial charge in [-0.2, -0.15) is 5.10 Å². The molecule has 3 heterocycles. The van der Waals surface area contributed by atoms with Gasteiger partial charge >= 0.3 is 0 Å². The molecule has 2 N–H and O–H groups in total. The smallest absolute Gasteiger partial charge is 0.259 e. The minimum absolute atomic E-state index is 0. The molecule has 0 radical (unpaired) electrons. The van der Waals surface area contributed by atoms with E-state index in [1.165, 1.54) is 0 Å². The third kappa shape index (κ3) is 2.62. The topological polar surface area (TPSA) is 76.5 Å². The molecule has 2 aromatic rings. The first-order valence-electron chi connectivity index (χ1n) is 6.51. The van der Waals surface area contributed by atoms with Gasteiger partial charge < -0.3 is 10.6 Å². The number of hydrogen-bond donors (Lipinski definition) is 1. The minimum Gasteiger partial charge on any atom is -0.337 e. The monoisotopic (exact) mass is 295 g/mol. The minimum atomic E-state index is -0.0248. The molecule has 1 aliphatic heterocycles. The lowest BCUT2D eigenvalue weighted by atomic mass is 10.1. The molecule has 0 aromatic carbocycles. The Labute approximate surface area is 123 Å². The zero-order valence-corrected chi connectivity index (χ0v) is 12.1. The van der Waals surface area contributed by atoms with Crippen molar-refractivity contribution in [3.63, 3.8) is 0 Å². The highest BCUT2D eigenvalue weighted by molar-refractivity contribution is 5.99. The largest absolute Gasteiger partial charge is 0.337 e. The van der Waals surface area contributed by atoms with Crippen LogP contribution in [0.5, 0.6) is 0 Å². The van der Waals surface area contributed by atoms with Crippen molar-refractivity contribution in [2.75, 3.05) is 13.1 Å². The number of aromatic nitrogens is 3. The summed E-state index contributed by atoms with van der Waals surface area (Å²) >= 11 is 0. The Bertz CT molecular complexity index is 626. The van der Waals surface area contributed by atoms with Crippen molar-refractivity contribution in [2.24, 2.45) is 5.73 Å². The van der Waals surface area contributed by atoms with Gasteiger partial charge in [0.1, 0.15) is 5.56 Å². The normalized spacial score (nSPS) is 18.9. The molecule has 7 heteroatoms. The van der Waals surface area contributed by atoms with Crippen LogP contribution in [0.3, 0.4) is 0 Å². The fourth-order valence-corrected chi connectivity index (χ4v) is 2.47. The molecule has 1 unspecified atom stereocenters. The molecule has 6 nitrogen and oxygen atoms in total. The second kappa shape index (κ2) is 5.76. The van der Waals surface area contributed by atoms with E-state index in [9.17, 15) is 4.79 Å². The Balaban J connectivity index is 0.00000147. The summed E-state index contributed by atoms with van der Waals surface area (Å²) < 4.78 is 1.63. The summed E-state index contributed by atoms with van der Waals surface area (Å²) in [5.41, 5.74) is 7.96. The second-order valence-corrected chi connectivity index (χ2v) is 5.05. The van der Waals surface area contributed by atoms with E-state index in [0.717, 1.165) is 25.1 Å². The first kappa shape index (κ1) is 14.7. The second-order valence-electron chi connectivity index (χ2n) is 5.05. The van der Waals surface area contributed by atoms with E-state index in [1.54, 1.807) is 15.6 Å². The van der Waals surface area contributed by atoms with Gasteiger partial charge in [0, 0.05) is 31.0 Å². The van der Waals surface area contributed by atoms with E-state index in [0.29, 0.717) is 17.8 Å². The number of aryl methyl sites for hydroxylation is 1. The maximum atomic E-state index is 12.5. The van der Waals surface area contributed by atoms with Gasteiger partial charge in [0.25, 0.3) is 5.91 Å². The van der Waals surface area contributed by atoms with Crippen LogP contribution < -0.4 is 5.73 Å². The van der Waals surface area contributed by atoms with Crippen LogP contribution in [0.2, 0.25) is 0 Å². The molecule has 1 fully saturated rings. The van der Waals surface area contributed by atoms with Gasteiger partial charge in [0.15, 0.2) is 5.65 Å². The third-order valence-corrected chi connectivity index (χ3v) is 3.48. The first-order valence-corrected chi connectivity index (χ1v) is 6.51. The summed E-state index contributed by atoms with van der Waals surface area (Å²) in [6.07, 6.45) is 5.34. The summed E-state index contributed by atoms with van der Waals surface area (Å²) in [5.74, 6) is -0.0248. The van der Waals surface area contributed by atoms with Crippen LogP contribution in [-0.4, -0.2) is 44.5 Å². The van der Waals surface area contributed by atoms with Gasteiger partial charge in [-0.15, -0.1) is 12.4 Å². The van der Waals surface area contributed by atoms with E-state index in [2.05, 4.69) is 10.1 Å². The lowest BCUT2D eigenvalue weighted by Gasteiger charge is -2.30. The Morgan fingerprint density at radius 1 is 1.50 bits per heavy atom. The molecule has 0 aliphatic carbocycles. The number of carbonyl (C=O) groups is 1. The fourth-order valence-electron chi connectivity index (χ4n) is 2.47. The van der Waals surface area contributed by atoms with Crippen molar-refractivity contribution in [1.29, 1.82) is 0 Å². The van der Waals surface area contributed by atoms with Crippen LogP contribution in [0.15, 0.2) is 18.5 Å². The Hall–Kier alpha value is -1.66. The van der Waals surface area contributed by atoms with Crippen molar-refractivity contribution in [3.8, 4) is 0 Å². The molecule has 108 valence electrons. The van der Waals surface area contributed by atoms with Crippen LogP contribution in [0.25, 0.3) is 5.65 Å². The molecule has 1 amide bonds. The third-order valence-electron chi connectivity index (χ3n) is 3.48. The first-order chi connectivity index (χ1) is 9.15. The van der Waals surface area contributed by atoms with Crippen LogP contribution in [0, 0.1) is 6.92 Å². The molecule has 0 spiro atoms. The molecular formula is C13H18ClN5O. The molecule has 1 aliphatic rings. The Kier molecular flexibility index (Phi) is 4.25. The van der Waals surface area contributed by atoms with Crippen LogP contribution in [-0.2, 0) is 0 Å². The quantitative estimate of drug-likeness (QED) is 0.852. The summed E-state index contributed by atoms with van der Waals surface area (Å²) in [5, 5.41) is 4.17. The van der Waals surface area contributed by atoms with E-state index in [1.807, 2.05) is 19.2 Å². The van der Waals surface area contributed by atoms with E-state index >= 15 is 0 Å². The van der Waals surface area contributed by atoms with Gasteiger partial charge in [-0.1, -0.05) is 0 Å². The molecule has 3 rings (SSSR count). The summed E-state index contributed by atoms with van der Waals surface area (Å²) in [4.78, 5) is 18.7. The van der Waals surface area contributed by atoms with Crippen molar-refractivity contribution in [1.82, 2.24) is 19.5 Å². The van der Waals surface area contributed by atoms with E-state index in [4.69, 9.17) is 5.73 Å². The van der Waals surface area contributed by atoms with Crippen LogP contribution in [0.4, 0.5) is 0 Å². The highest BCUT2D eigenvalue weighted by Gasteiger charge is 2.25. The van der Waals surface area contributed by atoms with E-state index < -0.39 is 0 Å². The number of hydrogen-bond acceptors (Lipinski definition) is 4. The number of carbonyl (C=O) groups excluding carboxylic acids is 1. The SMILES string of the molecule is Cc1ccn2ncc(C(=O)N3CCCC(N)C3)c2n1.Cl. The average Bonchev–Trinajstić information content (AvgIpc) is 2.80. The predicted octanol–water partition coefficient (Wildman–Crippen LogP) is 1.02. The van der Waals surface area contributed by atoms with Crippen molar-refractivity contribution in [3.05, 3.63) is 29.7 Å². The van der Waals surface area contributed by atoms with Crippen molar-refractivity contribution < 1.29 is 4.79 Å². The zero-order chi connectivity index (χ0) is 13.4. The number of nitrogens with zero attached hydrogens (tertiary/aromatic N) is 4. The van der Waals surface area contributed by atoms with Crippen molar-refractivity contribution in [2.45, 2.75) is 25.8 Å². The molecule has 1 saturated heterocycles. The molecule has 0 bridgehead atoms. The molecule has 20 heavy (non-hydrogen) atoms.